The van der Waals surface area contributed by atoms with E-state index in [1.54, 1.807) is 29.2 Å². The topological polar surface area (TPSA) is 43.8 Å². The largest absolute Gasteiger partial charge is 0.378 e. The summed E-state index contributed by atoms with van der Waals surface area (Å²) in [4.78, 5) is 16.5. The van der Waals surface area contributed by atoms with E-state index >= 15 is 0 Å². The highest BCUT2D eigenvalue weighted by molar-refractivity contribution is 6.30. The van der Waals surface area contributed by atoms with Gasteiger partial charge in [-0.25, -0.2) is 0 Å². The summed E-state index contributed by atoms with van der Waals surface area (Å²) in [5, 5.41) is 10.8. The minimum absolute atomic E-state index is 0.206. The van der Waals surface area contributed by atoms with E-state index in [0.29, 0.717) is 23.7 Å². The predicted octanol–water partition coefficient (Wildman–Crippen LogP) is 1.68. The minimum Gasteiger partial charge on any atom is -0.378 e. The zero-order valence-corrected chi connectivity index (χ0v) is 12.1. The number of carbonyl (C=O) groups is 1. The molecule has 20 heavy (non-hydrogen) atoms. The Hall–Kier alpha value is -1.10. The lowest BCUT2D eigenvalue weighted by Gasteiger charge is -2.35. The lowest BCUT2D eigenvalue weighted by molar-refractivity contribution is -0.142. The number of aliphatic hydroxyl groups excluding tert-OH is 1. The van der Waals surface area contributed by atoms with Gasteiger partial charge in [0.15, 0.2) is 6.10 Å². The normalized spacial score (nSPS) is 21.8. The van der Waals surface area contributed by atoms with Crippen molar-refractivity contribution in [1.82, 2.24) is 9.80 Å². The molecule has 0 radical (unpaired) electrons. The third-order valence-electron chi connectivity index (χ3n) is 4.11. The maximum Gasteiger partial charge on any atom is 0.256 e. The van der Waals surface area contributed by atoms with Gasteiger partial charge in [-0.15, -0.1) is 0 Å². The van der Waals surface area contributed by atoms with Gasteiger partial charge in [0.05, 0.1) is 0 Å². The maximum atomic E-state index is 12.3. The van der Waals surface area contributed by atoms with Gasteiger partial charge in [0, 0.05) is 37.2 Å². The first-order valence-electron chi connectivity index (χ1n) is 7.11. The predicted molar refractivity (Wildman–Crippen MR) is 77.6 cm³/mol. The van der Waals surface area contributed by atoms with Gasteiger partial charge in [-0.3, -0.25) is 9.69 Å². The second-order valence-electron chi connectivity index (χ2n) is 5.55. The number of halogens is 1. The van der Waals surface area contributed by atoms with E-state index < -0.39 is 6.10 Å². The van der Waals surface area contributed by atoms with Crippen LogP contribution in [0.4, 0.5) is 0 Å². The molecular weight excluding hydrogens is 276 g/mol. The Morgan fingerprint density at radius 2 is 1.75 bits per heavy atom. The van der Waals surface area contributed by atoms with E-state index in [4.69, 9.17) is 11.6 Å². The van der Waals surface area contributed by atoms with Crippen molar-refractivity contribution in [3.8, 4) is 0 Å². The molecule has 1 heterocycles. The van der Waals surface area contributed by atoms with E-state index in [0.717, 1.165) is 19.1 Å². The number of hydrogen-bond acceptors (Lipinski definition) is 3. The van der Waals surface area contributed by atoms with Gasteiger partial charge in [-0.2, -0.15) is 0 Å². The Labute approximate surface area is 123 Å². The van der Waals surface area contributed by atoms with Crippen molar-refractivity contribution in [2.24, 2.45) is 0 Å². The van der Waals surface area contributed by atoms with Crippen molar-refractivity contribution in [3.63, 3.8) is 0 Å². The Morgan fingerprint density at radius 3 is 2.30 bits per heavy atom. The molecule has 1 aromatic carbocycles. The Balaban J connectivity index is 1.59. The van der Waals surface area contributed by atoms with Gasteiger partial charge in [0.2, 0.25) is 0 Å². The van der Waals surface area contributed by atoms with Crippen LogP contribution in [0.1, 0.15) is 24.5 Å². The summed E-state index contributed by atoms with van der Waals surface area (Å²) < 4.78 is 0. The number of aliphatic hydroxyl groups is 1. The van der Waals surface area contributed by atoms with Crippen LogP contribution in [-0.2, 0) is 4.79 Å². The molecule has 5 heteroatoms. The Bertz CT molecular complexity index is 479. The van der Waals surface area contributed by atoms with Crippen molar-refractivity contribution < 1.29 is 9.90 Å². The number of piperazine rings is 1. The Morgan fingerprint density at radius 1 is 1.15 bits per heavy atom. The summed E-state index contributed by atoms with van der Waals surface area (Å²) in [6.45, 7) is 3.26. The van der Waals surface area contributed by atoms with Crippen LogP contribution < -0.4 is 0 Å². The number of rotatable bonds is 3. The number of carbonyl (C=O) groups excluding carboxylic acids is 1. The molecule has 0 bridgehead atoms. The highest BCUT2D eigenvalue weighted by atomic mass is 35.5. The third-order valence-corrected chi connectivity index (χ3v) is 4.36. The van der Waals surface area contributed by atoms with E-state index in [1.165, 1.54) is 12.8 Å². The molecule has 1 aliphatic carbocycles. The average molecular weight is 295 g/mol. The fourth-order valence-electron chi connectivity index (χ4n) is 2.71. The smallest absolute Gasteiger partial charge is 0.256 e. The van der Waals surface area contributed by atoms with Crippen molar-refractivity contribution in [2.45, 2.75) is 25.0 Å². The van der Waals surface area contributed by atoms with E-state index in [-0.39, 0.29) is 5.91 Å². The summed E-state index contributed by atoms with van der Waals surface area (Å²) in [6.07, 6.45) is 1.50. The van der Waals surface area contributed by atoms with Crippen LogP contribution in [0.5, 0.6) is 0 Å². The summed E-state index contributed by atoms with van der Waals surface area (Å²) in [5.74, 6) is -0.206. The average Bonchev–Trinajstić information content (AvgIpc) is 3.31. The van der Waals surface area contributed by atoms with Crippen molar-refractivity contribution in [2.75, 3.05) is 26.2 Å². The number of nitrogens with zero attached hydrogens (tertiary/aromatic N) is 2. The molecule has 1 amide bonds. The van der Waals surface area contributed by atoms with Gasteiger partial charge in [0.1, 0.15) is 0 Å². The van der Waals surface area contributed by atoms with Crippen LogP contribution >= 0.6 is 11.6 Å². The molecule has 1 unspecified atom stereocenters. The molecule has 4 nitrogen and oxygen atoms in total. The lowest BCUT2D eigenvalue weighted by Crippen LogP contribution is -2.50. The fourth-order valence-corrected chi connectivity index (χ4v) is 2.83. The first-order chi connectivity index (χ1) is 9.65. The van der Waals surface area contributed by atoms with Gasteiger partial charge >= 0.3 is 0 Å². The molecule has 1 atom stereocenters. The number of amides is 1. The molecule has 108 valence electrons. The summed E-state index contributed by atoms with van der Waals surface area (Å²) in [5.41, 5.74) is 0.601. The van der Waals surface area contributed by atoms with Gasteiger partial charge in [-0.05, 0) is 30.5 Å². The molecule has 1 saturated carbocycles. The van der Waals surface area contributed by atoms with Gasteiger partial charge < -0.3 is 10.0 Å². The maximum absolute atomic E-state index is 12.3. The molecule has 1 aromatic rings. The molecule has 0 aromatic heterocycles. The zero-order valence-electron chi connectivity index (χ0n) is 11.3. The molecule has 1 N–H and O–H groups in total. The summed E-state index contributed by atoms with van der Waals surface area (Å²) in [7, 11) is 0. The zero-order chi connectivity index (χ0) is 14.1. The van der Waals surface area contributed by atoms with Crippen LogP contribution in [-0.4, -0.2) is 53.0 Å². The van der Waals surface area contributed by atoms with E-state index in [2.05, 4.69) is 4.90 Å². The second-order valence-corrected chi connectivity index (χ2v) is 5.98. The SMILES string of the molecule is O=C(C(O)c1ccc(Cl)cc1)N1CCN(C2CC2)CC1. The molecule has 3 rings (SSSR count). The first-order valence-corrected chi connectivity index (χ1v) is 7.49. The van der Waals surface area contributed by atoms with Crippen LogP contribution in [0.3, 0.4) is 0 Å². The van der Waals surface area contributed by atoms with Crippen LogP contribution in [0.2, 0.25) is 5.02 Å². The molecule has 2 fully saturated rings. The highest BCUT2D eigenvalue weighted by Gasteiger charge is 2.33. The molecule has 2 aliphatic rings. The van der Waals surface area contributed by atoms with Crippen LogP contribution in [0, 0.1) is 0 Å². The fraction of sp³-hybridized carbons (Fsp3) is 0.533. The second kappa shape index (κ2) is 5.72. The van der Waals surface area contributed by atoms with Crippen LogP contribution in [0.15, 0.2) is 24.3 Å². The van der Waals surface area contributed by atoms with Crippen molar-refractivity contribution in [3.05, 3.63) is 34.9 Å². The van der Waals surface area contributed by atoms with E-state index in [9.17, 15) is 9.90 Å². The monoisotopic (exact) mass is 294 g/mol. The molecule has 1 saturated heterocycles. The highest BCUT2D eigenvalue weighted by Crippen LogP contribution is 2.28. The standard InChI is InChI=1S/C15H19ClN2O2/c16-12-3-1-11(2-4-12)14(19)15(20)18-9-7-17(8-10-18)13-5-6-13/h1-4,13-14,19H,5-10H2. The van der Waals surface area contributed by atoms with Crippen molar-refractivity contribution in [1.29, 1.82) is 0 Å². The number of benzene rings is 1. The third kappa shape index (κ3) is 2.97. The van der Waals surface area contributed by atoms with Crippen LogP contribution in [0.25, 0.3) is 0 Å². The summed E-state index contributed by atoms with van der Waals surface area (Å²) in [6, 6.07) is 7.53. The van der Waals surface area contributed by atoms with E-state index in [1.807, 2.05) is 0 Å². The first kappa shape index (κ1) is 13.9. The number of hydrogen-bond donors (Lipinski definition) is 1. The Kier molecular flexibility index (Phi) is 3.96. The quantitative estimate of drug-likeness (QED) is 0.922. The van der Waals surface area contributed by atoms with Gasteiger partial charge in [0.25, 0.3) is 5.91 Å². The molecule has 0 spiro atoms. The van der Waals surface area contributed by atoms with Gasteiger partial charge in [-0.1, -0.05) is 23.7 Å². The molecule has 1 aliphatic heterocycles. The lowest BCUT2D eigenvalue weighted by atomic mass is 10.1. The van der Waals surface area contributed by atoms with Crippen molar-refractivity contribution >= 4 is 17.5 Å². The minimum atomic E-state index is -1.08. The summed E-state index contributed by atoms with van der Waals surface area (Å²) >= 11 is 5.81. The molecular formula is C15H19ClN2O2.